The number of aromatic nitrogens is 1. The van der Waals surface area contributed by atoms with Crippen molar-refractivity contribution >= 4 is 10.9 Å². The number of fused-ring (bicyclic) bond motifs is 1. The quantitative estimate of drug-likeness (QED) is 0.860. The Morgan fingerprint density at radius 3 is 2.83 bits per heavy atom. The van der Waals surface area contributed by atoms with Gasteiger partial charge < -0.3 is 9.67 Å². The second-order valence-electron chi connectivity index (χ2n) is 5.60. The highest BCUT2D eigenvalue weighted by molar-refractivity contribution is 5.83. The summed E-state index contributed by atoms with van der Waals surface area (Å²) < 4.78 is 2.19. The molecule has 1 saturated carbocycles. The van der Waals surface area contributed by atoms with Gasteiger partial charge in [-0.25, -0.2) is 0 Å². The van der Waals surface area contributed by atoms with Crippen LogP contribution in [0.4, 0.5) is 0 Å². The molecule has 1 heterocycles. The Hall–Kier alpha value is -1.28. The number of hydrogen-bond acceptors (Lipinski definition) is 1. The lowest BCUT2D eigenvalue weighted by atomic mass is 9.82. The fourth-order valence-electron chi connectivity index (χ4n) is 3.30. The van der Waals surface area contributed by atoms with Crippen molar-refractivity contribution < 1.29 is 5.11 Å². The largest absolute Gasteiger partial charge is 0.393 e. The Bertz CT molecular complexity index is 543. The second-order valence-corrected chi connectivity index (χ2v) is 5.60. The number of aliphatic hydroxyl groups excluding tert-OH is 1. The average Bonchev–Trinajstić information content (AvgIpc) is 2.70. The first-order valence-electron chi connectivity index (χ1n) is 6.96. The van der Waals surface area contributed by atoms with Gasteiger partial charge in [-0.3, -0.25) is 0 Å². The third-order valence-electron chi connectivity index (χ3n) is 4.33. The molecule has 2 aromatic rings. The molecule has 2 heteroatoms. The second kappa shape index (κ2) is 4.77. The van der Waals surface area contributed by atoms with E-state index in [1.54, 1.807) is 0 Å². The number of aliphatic hydroxyl groups is 1. The monoisotopic (exact) mass is 243 g/mol. The van der Waals surface area contributed by atoms with E-state index in [9.17, 15) is 5.11 Å². The van der Waals surface area contributed by atoms with E-state index in [1.807, 2.05) is 0 Å². The van der Waals surface area contributed by atoms with Crippen molar-refractivity contribution in [3.05, 3.63) is 36.0 Å². The van der Waals surface area contributed by atoms with Gasteiger partial charge in [0.1, 0.15) is 0 Å². The molecule has 1 aliphatic rings. The molecule has 1 fully saturated rings. The highest BCUT2D eigenvalue weighted by Crippen LogP contribution is 2.30. The highest BCUT2D eigenvalue weighted by Gasteiger charge is 2.24. The molecule has 0 bridgehead atoms. The fraction of sp³-hybridized carbons (Fsp3) is 0.500. The van der Waals surface area contributed by atoms with E-state index in [-0.39, 0.29) is 6.10 Å². The smallest absolute Gasteiger partial charge is 0.0571 e. The van der Waals surface area contributed by atoms with Crippen molar-refractivity contribution in [2.24, 2.45) is 13.0 Å². The lowest BCUT2D eigenvalue weighted by Crippen LogP contribution is -2.26. The number of rotatable bonds is 2. The van der Waals surface area contributed by atoms with Crippen LogP contribution in [0.2, 0.25) is 0 Å². The maximum atomic E-state index is 10.1. The molecule has 2 atom stereocenters. The molecule has 1 aliphatic carbocycles. The van der Waals surface area contributed by atoms with Crippen LogP contribution in [0.25, 0.3) is 10.9 Å². The minimum Gasteiger partial charge on any atom is -0.393 e. The van der Waals surface area contributed by atoms with Crippen molar-refractivity contribution in [3.8, 4) is 0 Å². The Morgan fingerprint density at radius 2 is 2.00 bits per heavy atom. The summed E-state index contributed by atoms with van der Waals surface area (Å²) in [5.74, 6) is 0.449. The minimum absolute atomic E-state index is 0.0993. The zero-order chi connectivity index (χ0) is 12.5. The molecule has 1 aromatic carbocycles. The summed E-state index contributed by atoms with van der Waals surface area (Å²) in [7, 11) is 2.10. The molecule has 0 aliphatic heterocycles. The van der Waals surface area contributed by atoms with Crippen LogP contribution >= 0.6 is 0 Å². The summed E-state index contributed by atoms with van der Waals surface area (Å²) in [4.78, 5) is 0. The molecule has 0 amide bonds. The number of aryl methyl sites for hydroxylation is 1. The van der Waals surface area contributed by atoms with Crippen molar-refractivity contribution in [3.63, 3.8) is 0 Å². The van der Waals surface area contributed by atoms with Crippen LogP contribution in [-0.4, -0.2) is 15.8 Å². The van der Waals surface area contributed by atoms with E-state index in [4.69, 9.17) is 0 Å². The number of nitrogens with zero attached hydrogens (tertiary/aromatic N) is 1. The van der Waals surface area contributed by atoms with E-state index >= 15 is 0 Å². The van der Waals surface area contributed by atoms with E-state index in [0.29, 0.717) is 5.92 Å². The van der Waals surface area contributed by atoms with Crippen LogP contribution in [0.15, 0.2) is 30.5 Å². The summed E-state index contributed by atoms with van der Waals surface area (Å²) in [6, 6.07) is 8.54. The van der Waals surface area contributed by atoms with Gasteiger partial charge in [0.05, 0.1) is 6.10 Å². The lowest BCUT2D eigenvalue weighted by molar-refractivity contribution is 0.0702. The van der Waals surface area contributed by atoms with Crippen molar-refractivity contribution in [2.45, 2.75) is 38.2 Å². The van der Waals surface area contributed by atoms with Crippen LogP contribution in [0.5, 0.6) is 0 Å². The predicted octanol–water partition coefficient (Wildman–Crippen LogP) is 3.27. The van der Waals surface area contributed by atoms with Crippen molar-refractivity contribution in [1.82, 2.24) is 4.57 Å². The first kappa shape index (κ1) is 11.8. The Morgan fingerprint density at radius 1 is 1.22 bits per heavy atom. The Balaban J connectivity index is 1.90. The molecule has 0 saturated heterocycles. The molecule has 3 rings (SSSR count). The maximum absolute atomic E-state index is 10.1. The molecule has 1 aromatic heterocycles. The third-order valence-corrected chi connectivity index (χ3v) is 4.33. The van der Waals surface area contributed by atoms with Crippen molar-refractivity contribution in [2.75, 3.05) is 0 Å². The molecule has 1 N–H and O–H groups in total. The normalized spacial score (nSPS) is 24.6. The summed E-state index contributed by atoms with van der Waals surface area (Å²) >= 11 is 0. The number of hydrogen-bond donors (Lipinski definition) is 1. The van der Waals surface area contributed by atoms with Gasteiger partial charge in [0.15, 0.2) is 0 Å². The zero-order valence-corrected chi connectivity index (χ0v) is 11.0. The van der Waals surface area contributed by atoms with Gasteiger partial charge in [0.2, 0.25) is 0 Å². The van der Waals surface area contributed by atoms with E-state index in [1.165, 1.54) is 35.7 Å². The first-order valence-corrected chi connectivity index (χ1v) is 6.96. The Kier molecular flexibility index (Phi) is 3.13. The summed E-state index contributed by atoms with van der Waals surface area (Å²) in [6.45, 7) is 0. The summed E-state index contributed by atoms with van der Waals surface area (Å²) in [5.41, 5.74) is 2.68. The number of para-hydroxylation sites is 1. The van der Waals surface area contributed by atoms with Crippen LogP contribution < -0.4 is 0 Å². The highest BCUT2D eigenvalue weighted by atomic mass is 16.3. The van der Waals surface area contributed by atoms with Crippen LogP contribution in [0, 0.1) is 5.92 Å². The summed E-state index contributed by atoms with van der Waals surface area (Å²) in [6.07, 6.45) is 7.76. The van der Waals surface area contributed by atoms with Gasteiger partial charge in [-0.15, -0.1) is 0 Å². The van der Waals surface area contributed by atoms with E-state index < -0.39 is 0 Å². The first-order chi connectivity index (χ1) is 8.75. The third kappa shape index (κ3) is 2.05. The molecule has 2 unspecified atom stereocenters. The van der Waals surface area contributed by atoms with E-state index in [2.05, 4.69) is 42.1 Å². The topological polar surface area (TPSA) is 25.2 Å². The average molecular weight is 243 g/mol. The van der Waals surface area contributed by atoms with E-state index in [0.717, 1.165) is 12.8 Å². The molecular weight excluding hydrogens is 222 g/mol. The predicted molar refractivity (Wildman–Crippen MR) is 74.6 cm³/mol. The minimum atomic E-state index is -0.0993. The lowest BCUT2D eigenvalue weighted by Gasteiger charge is -2.27. The van der Waals surface area contributed by atoms with Crippen LogP contribution in [0.3, 0.4) is 0 Å². The molecule has 18 heavy (non-hydrogen) atoms. The SMILES string of the molecule is Cn1cc(CC2CCCCC2O)c2ccccc21. The van der Waals surface area contributed by atoms with Gasteiger partial charge >= 0.3 is 0 Å². The molecule has 96 valence electrons. The fourth-order valence-corrected chi connectivity index (χ4v) is 3.30. The van der Waals surface area contributed by atoms with Gasteiger partial charge in [0, 0.05) is 24.1 Å². The van der Waals surface area contributed by atoms with Gasteiger partial charge in [-0.1, -0.05) is 31.0 Å². The molecule has 2 nitrogen and oxygen atoms in total. The maximum Gasteiger partial charge on any atom is 0.0571 e. The molecule has 0 radical (unpaired) electrons. The zero-order valence-electron chi connectivity index (χ0n) is 11.0. The van der Waals surface area contributed by atoms with Crippen LogP contribution in [0.1, 0.15) is 31.2 Å². The molecular formula is C16H21NO. The number of benzene rings is 1. The standard InChI is InChI=1S/C16H21NO/c1-17-11-13(14-7-3-4-8-15(14)17)10-12-6-2-5-9-16(12)18/h3-4,7-8,11-12,16,18H,2,5-6,9-10H2,1H3. The Labute approximate surface area is 108 Å². The van der Waals surface area contributed by atoms with Crippen LogP contribution in [-0.2, 0) is 13.5 Å². The summed E-state index contributed by atoms with van der Waals surface area (Å²) in [5, 5.41) is 11.4. The van der Waals surface area contributed by atoms with Crippen molar-refractivity contribution in [1.29, 1.82) is 0 Å². The van der Waals surface area contributed by atoms with Gasteiger partial charge in [-0.2, -0.15) is 0 Å². The van der Waals surface area contributed by atoms with Gasteiger partial charge in [0.25, 0.3) is 0 Å². The van der Waals surface area contributed by atoms with Gasteiger partial charge in [-0.05, 0) is 36.8 Å². The molecule has 0 spiro atoms.